The van der Waals surface area contributed by atoms with Gasteiger partial charge >= 0.3 is 5.97 Å². The molecule has 0 spiro atoms. The first-order chi connectivity index (χ1) is 9.46. The molecule has 1 atom stereocenters. The first kappa shape index (κ1) is 15.1. The highest BCUT2D eigenvalue weighted by Gasteiger charge is 2.34. The molecule has 0 amide bonds. The zero-order valence-electron chi connectivity index (χ0n) is 11.4. The van der Waals surface area contributed by atoms with Crippen molar-refractivity contribution in [2.45, 2.75) is 50.2 Å². The summed E-state index contributed by atoms with van der Waals surface area (Å²) in [5.41, 5.74) is 0. The highest BCUT2D eigenvalue weighted by Crippen LogP contribution is 2.27. The van der Waals surface area contributed by atoms with Crippen LogP contribution in [-0.4, -0.2) is 36.4 Å². The summed E-state index contributed by atoms with van der Waals surface area (Å²) >= 11 is 0. The first-order valence-electron chi connectivity index (χ1n) is 6.81. The average molecular weight is 301 g/mol. The molecule has 0 aliphatic carbocycles. The maximum atomic E-state index is 12.6. The van der Waals surface area contributed by atoms with Crippen LogP contribution in [-0.2, 0) is 10.0 Å². The van der Waals surface area contributed by atoms with Crippen molar-refractivity contribution in [3.63, 3.8) is 0 Å². The van der Waals surface area contributed by atoms with Crippen molar-refractivity contribution < 1.29 is 22.7 Å². The Morgan fingerprint density at radius 3 is 2.75 bits per heavy atom. The number of rotatable bonds is 4. The van der Waals surface area contributed by atoms with Crippen LogP contribution in [0.2, 0.25) is 0 Å². The standard InChI is InChI=1S/C13H19NO5S/c1-2-10-6-4-3-5-9-14(10)20(17,18)12-8-7-11(19-12)13(15)16/h7-8,10H,2-6,9H2,1H3,(H,15,16). The van der Waals surface area contributed by atoms with Gasteiger partial charge in [0.25, 0.3) is 10.0 Å². The number of hydrogen-bond acceptors (Lipinski definition) is 4. The number of carbonyl (C=O) groups is 1. The molecule has 1 saturated heterocycles. The molecule has 112 valence electrons. The third kappa shape index (κ3) is 2.88. The molecule has 1 fully saturated rings. The van der Waals surface area contributed by atoms with Crippen molar-refractivity contribution >= 4 is 16.0 Å². The van der Waals surface area contributed by atoms with Crippen molar-refractivity contribution in [1.82, 2.24) is 4.31 Å². The molecule has 2 rings (SSSR count). The Kier molecular flexibility index (Phi) is 4.49. The molecule has 1 aliphatic rings. The third-order valence-electron chi connectivity index (χ3n) is 3.65. The Bertz CT molecular complexity index is 577. The molecule has 7 heteroatoms. The summed E-state index contributed by atoms with van der Waals surface area (Å²) in [7, 11) is -3.76. The number of furan rings is 1. The van der Waals surface area contributed by atoms with E-state index in [0.717, 1.165) is 32.1 Å². The van der Waals surface area contributed by atoms with Crippen LogP contribution in [0, 0.1) is 0 Å². The van der Waals surface area contributed by atoms with Gasteiger partial charge in [0.2, 0.25) is 10.9 Å². The SMILES string of the molecule is CCC1CCCCCN1S(=O)(=O)c1ccc(C(=O)O)o1. The molecule has 1 N–H and O–H groups in total. The fourth-order valence-electron chi connectivity index (χ4n) is 2.56. The molecule has 1 aromatic heterocycles. The summed E-state index contributed by atoms with van der Waals surface area (Å²) in [6.45, 7) is 2.42. The molecule has 0 radical (unpaired) electrons. The summed E-state index contributed by atoms with van der Waals surface area (Å²) in [6, 6.07) is 2.35. The Morgan fingerprint density at radius 1 is 1.40 bits per heavy atom. The second-order valence-electron chi connectivity index (χ2n) is 4.95. The molecule has 20 heavy (non-hydrogen) atoms. The van der Waals surface area contributed by atoms with E-state index in [1.807, 2.05) is 6.92 Å². The van der Waals surface area contributed by atoms with Crippen LogP contribution in [0.4, 0.5) is 0 Å². The van der Waals surface area contributed by atoms with E-state index in [0.29, 0.717) is 6.54 Å². The number of nitrogens with zero attached hydrogens (tertiary/aromatic N) is 1. The van der Waals surface area contributed by atoms with Gasteiger partial charge in [0.05, 0.1) is 0 Å². The number of carboxylic acids is 1. The van der Waals surface area contributed by atoms with Gasteiger partial charge in [0.1, 0.15) is 0 Å². The minimum absolute atomic E-state index is 0.0409. The van der Waals surface area contributed by atoms with E-state index in [4.69, 9.17) is 9.52 Å². The van der Waals surface area contributed by atoms with Gasteiger partial charge in [-0.1, -0.05) is 19.8 Å². The number of sulfonamides is 1. The van der Waals surface area contributed by atoms with E-state index in [1.165, 1.54) is 16.4 Å². The molecular weight excluding hydrogens is 282 g/mol. The summed E-state index contributed by atoms with van der Waals surface area (Å²) in [5, 5.41) is 8.53. The van der Waals surface area contributed by atoms with Crippen LogP contribution < -0.4 is 0 Å². The minimum Gasteiger partial charge on any atom is -0.475 e. The van der Waals surface area contributed by atoms with Crippen LogP contribution in [0.15, 0.2) is 21.6 Å². The lowest BCUT2D eigenvalue weighted by molar-refractivity contribution is 0.0656. The zero-order chi connectivity index (χ0) is 14.8. The van der Waals surface area contributed by atoms with Crippen LogP contribution in [0.5, 0.6) is 0 Å². The molecule has 1 unspecified atom stereocenters. The van der Waals surface area contributed by atoms with Crippen LogP contribution in [0.25, 0.3) is 0 Å². The van der Waals surface area contributed by atoms with Crippen molar-refractivity contribution in [2.24, 2.45) is 0 Å². The maximum Gasteiger partial charge on any atom is 0.371 e. The predicted molar refractivity (Wildman–Crippen MR) is 72.1 cm³/mol. The van der Waals surface area contributed by atoms with Gasteiger partial charge in [-0.05, 0) is 31.4 Å². The van der Waals surface area contributed by atoms with Gasteiger partial charge in [-0.15, -0.1) is 0 Å². The largest absolute Gasteiger partial charge is 0.475 e. The fraction of sp³-hybridized carbons (Fsp3) is 0.615. The van der Waals surface area contributed by atoms with Gasteiger partial charge in [-0.25, -0.2) is 13.2 Å². The molecule has 1 aromatic rings. The monoisotopic (exact) mass is 301 g/mol. The molecule has 0 aromatic carbocycles. The lowest BCUT2D eigenvalue weighted by atomic mass is 10.1. The van der Waals surface area contributed by atoms with E-state index in [-0.39, 0.29) is 16.9 Å². The van der Waals surface area contributed by atoms with Crippen molar-refractivity contribution in [3.8, 4) is 0 Å². The van der Waals surface area contributed by atoms with Crippen molar-refractivity contribution in [2.75, 3.05) is 6.54 Å². The van der Waals surface area contributed by atoms with E-state index >= 15 is 0 Å². The predicted octanol–water partition coefficient (Wildman–Crippen LogP) is 2.32. The topological polar surface area (TPSA) is 87.8 Å². The summed E-state index contributed by atoms with van der Waals surface area (Å²) in [5.74, 6) is -1.62. The highest BCUT2D eigenvalue weighted by molar-refractivity contribution is 7.89. The van der Waals surface area contributed by atoms with Gasteiger partial charge in [-0.2, -0.15) is 4.31 Å². The lowest BCUT2D eigenvalue weighted by Gasteiger charge is -2.27. The average Bonchev–Trinajstić information content (AvgIpc) is 2.78. The maximum absolute atomic E-state index is 12.6. The Labute approximate surface area is 118 Å². The summed E-state index contributed by atoms with van der Waals surface area (Å²) in [4.78, 5) is 10.8. The molecular formula is C13H19NO5S. The fourth-order valence-corrected chi connectivity index (χ4v) is 4.25. The molecule has 6 nitrogen and oxygen atoms in total. The second-order valence-corrected chi connectivity index (χ2v) is 6.77. The normalized spacial score (nSPS) is 21.6. The second kappa shape index (κ2) is 5.97. The van der Waals surface area contributed by atoms with Gasteiger partial charge in [-0.3, -0.25) is 0 Å². The molecule has 2 heterocycles. The third-order valence-corrected chi connectivity index (χ3v) is 5.48. The number of hydrogen-bond donors (Lipinski definition) is 1. The Morgan fingerprint density at radius 2 is 2.15 bits per heavy atom. The van der Waals surface area contributed by atoms with Crippen LogP contribution in [0.1, 0.15) is 49.6 Å². The Hall–Kier alpha value is -1.34. The van der Waals surface area contributed by atoms with Crippen LogP contribution in [0.3, 0.4) is 0 Å². The Balaban J connectivity index is 2.33. The number of carboxylic acid groups (broad SMARTS) is 1. The zero-order valence-corrected chi connectivity index (χ0v) is 12.2. The van der Waals surface area contributed by atoms with Crippen LogP contribution >= 0.6 is 0 Å². The first-order valence-corrected chi connectivity index (χ1v) is 8.25. The molecule has 0 saturated carbocycles. The van der Waals surface area contributed by atoms with Crippen molar-refractivity contribution in [1.29, 1.82) is 0 Å². The number of aromatic carboxylic acids is 1. The molecule has 0 bridgehead atoms. The minimum atomic E-state index is -3.76. The molecule has 1 aliphatic heterocycles. The van der Waals surface area contributed by atoms with Crippen molar-refractivity contribution in [3.05, 3.63) is 17.9 Å². The van der Waals surface area contributed by atoms with Gasteiger partial charge < -0.3 is 9.52 Å². The van der Waals surface area contributed by atoms with Gasteiger partial charge in [0, 0.05) is 12.6 Å². The van der Waals surface area contributed by atoms with E-state index in [2.05, 4.69) is 0 Å². The van der Waals surface area contributed by atoms with E-state index in [9.17, 15) is 13.2 Å². The highest BCUT2D eigenvalue weighted by atomic mass is 32.2. The quantitative estimate of drug-likeness (QED) is 0.922. The smallest absolute Gasteiger partial charge is 0.371 e. The lowest BCUT2D eigenvalue weighted by Crippen LogP contribution is -2.39. The van der Waals surface area contributed by atoms with E-state index in [1.54, 1.807) is 0 Å². The summed E-state index contributed by atoms with van der Waals surface area (Å²) < 4.78 is 31.6. The van der Waals surface area contributed by atoms with E-state index < -0.39 is 16.0 Å². The van der Waals surface area contributed by atoms with Gasteiger partial charge in [0.15, 0.2) is 0 Å². The summed E-state index contributed by atoms with van der Waals surface area (Å²) in [6.07, 6.45) is 4.43.